The standard InChI is InChI=1S/C21H21FN2O2S/c1-2-3-4-5-11-26-18-8-6-7-15(21(18)22)12-20(25)24-16-9-10-17-19(13-16)27-14-23-17/h2,6-10,13-14H,1,3-5,11-12H2,(H,24,25). The number of carbonyl (C=O) groups excluding carboxylic acids is 1. The van der Waals surface area contributed by atoms with Gasteiger partial charge in [-0.25, -0.2) is 9.37 Å². The summed E-state index contributed by atoms with van der Waals surface area (Å²) in [5.41, 5.74) is 3.64. The average Bonchev–Trinajstić information content (AvgIpc) is 3.12. The molecule has 2 aromatic carbocycles. The summed E-state index contributed by atoms with van der Waals surface area (Å²) in [7, 11) is 0. The van der Waals surface area contributed by atoms with E-state index in [1.54, 1.807) is 29.8 Å². The van der Waals surface area contributed by atoms with Crippen molar-refractivity contribution in [1.29, 1.82) is 0 Å². The molecule has 0 saturated heterocycles. The molecule has 0 aliphatic carbocycles. The number of amides is 1. The third kappa shape index (κ3) is 5.14. The topological polar surface area (TPSA) is 51.2 Å². The number of halogens is 1. The van der Waals surface area contributed by atoms with Crippen LogP contribution in [0, 0.1) is 5.82 Å². The fourth-order valence-corrected chi connectivity index (χ4v) is 3.40. The molecule has 0 bridgehead atoms. The molecular weight excluding hydrogens is 363 g/mol. The van der Waals surface area contributed by atoms with Crippen molar-refractivity contribution in [1.82, 2.24) is 4.98 Å². The number of anilines is 1. The fourth-order valence-electron chi connectivity index (χ4n) is 2.69. The lowest BCUT2D eigenvalue weighted by molar-refractivity contribution is -0.115. The summed E-state index contributed by atoms with van der Waals surface area (Å²) in [6.45, 7) is 4.11. The lowest BCUT2D eigenvalue weighted by Gasteiger charge is -2.10. The molecule has 1 aromatic heterocycles. The summed E-state index contributed by atoms with van der Waals surface area (Å²) in [6, 6.07) is 10.4. The molecular formula is C21H21FN2O2S. The summed E-state index contributed by atoms with van der Waals surface area (Å²) in [5.74, 6) is -0.569. The third-order valence-electron chi connectivity index (χ3n) is 4.07. The molecule has 3 aromatic rings. The number of benzene rings is 2. The van der Waals surface area contributed by atoms with Gasteiger partial charge in [0.15, 0.2) is 11.6 Å². The first-order valence-corrected chi connectivity index (χ1v) is 9.69. The Labute approximate surface area is 161 Å². The second-order valence-electron chi connectivity index (χ2n) is 6.12. The van der Waals surface area contributed by atoms with E-state index in [2.05, 4.69) is 16.9 Å². The third-order valence-corrected chi connectivity index (χ3v) is 4.86. The van der Waals surface area contributed by atoms with Gasteiger partial charge in [-0.15, -0.1) is 17.9 Å². The predicted molar refractivity (Wildman–Crippen MR) is 108 cm³/mol. The molecule has 1 N–H and O–H groups in total. The van der Waals surface area contributed by atoms with E-state index in [1.807, 2.05) is 18.2 Å². The Morgan fingerprint density at radius 1 is 1.30 bits per heavy atom. The van der Waals surface area contributed by atoms with Crippen LogP contribution < -0.4 is 10.1 Å². The molecule has 140 valence electrons. The van der Waals surface area contributed by atoms with Gasteiger partial charge in [0.1, 0.15) is 0 Å². The largest absolute Gasteiger partial charge is 0.491 e. The number of hydrogen-bond acceptors (Lipinski definition) is 4. The van der Waals surface area contributed by atoms with E-state index in [0.29, 0.717) is 17.9 Å². The van der Waals surface area contributed by atoms with Crippen LogP contribution in [-0.4, -0.2) is 17.5 Å². The average molecular weight is 384 g/mol. The first-order valence-electron chi connectivity index (χ1n) is 8.81. The molecule has 0 aliphatic heterocycles. The highest BCUT2D eigenvalue weighted by molar-refractivity contribution is 7.16. The number of rotatable bonds is 9. The van der Waals surface area contributed by atoms with Crippen LogP contribution in [0.15, 0.2) is 54.6 Å². The maximum absolute atomic E-state index is 14.6. The van der Waals surface area contributed by atoms with Crippen LogP contribution in [0.3, 0.4) is 0 Å². The van der Waals surface area contributed by atoms with E-state index in [0.717, 1.165) is 29.5 Å². The number of hydrogen-bond donors (Lipinski definition) is 1. The maximum atomic E-state index is 14.6. The molecule has 0 unspecified atom stereocenters. The van der Waals surface area contributed by atoms with Gasteiger partial charge < -0.3 is 10.1 Å². The highest BCUT2D eigenvalue weighted by Gasteiger charge is 2.13. The molecule has 0 saturated carbocycles. The zero-order chi connectivity index (χ0) is 19.1. The SMILES string of the molecule is C=CCCCCOc1cccc(CC(=O)Nc2ccc3ncsc3c2)c1F. The molecule has 1 heterocycles. The molecule has 0 aliphatic rings. The second-order valence-corrected chi connectivity index (χ2v) is 7.01. The summed E-state index contributed by atoms with van der Waals surface area (Å²) in [5, 5.41) is 2.81. The van der Waals surface area contributed by atoms with Crippen LogP contribution in [0.4, 0.5) is 10.1 Å². The number of aromatic nitrogens is 1. The maximum Gasteiger partial charge on any atom is 0.228 e. The van der Waals surface area contributed by atoms with Gasteiger partial charge in [0.05, 0.1) is 28.8 Å². The number of ether oxygens (including phenoxy) is 1. The van der Waals surface area contributed by atoms with Crippen molar-refractivity contribution in [3.63, 3.8) is 0 Å². The lowest BCUT2D eigenvalue weighted by Crippen LogP contribution is -2.15. The van der Waals surface area contributed by atoms with Gasteiger partial charge >= 0.3 is 0 Å². The molecule has 1 amide bonds. The highest BCUT2D eigenvalue weighted by Crippen LogP contribution is 2.24. The van der Waals surface area contributed by atoms with Crippen LogP contribution in [0.2, 0.25) is 0 Å². The normalized spacial score (nSPS) is 10.7. The van der Waals surface area contributed by atoms with Crippen molar-refractivity contribution in [2.24, 2.45) is 0 Å². The van der Waals surface area contributed by atoms with E-state index in [9.17, 15) is 9.18 Å². The highest BCUT2D eigenvalue weighted by atomic mass is 32.1. The number of allylic oxidation sites excluding steroid dienone is 1. The lowest BCUT2D eigenvalue weighted by atomic mass is 10.1. The van der Waals surface area contributed by atoms with Crippen molar-refractivity contribution in [3.8, 4) is 5.75 Å². The summed E-state index contributed by atoms with van der Waals surface area (Å²) in [6.07, 6.45) is 4.50. The Bertz CT molecular complexity index is 939. The predicted octanol–water partition coefficient (Wildman–Crippen LogP) is 5.35. The number of unbranched alkanes of at least 4 members (excludes halogenated alkanes) is 2. The fraction of sp³-hybridized carbons (Fsp3) is 0.238. The monoisotopic (exact) mass is 384 g/mol. The van der Waals surface area contributed by atoms with E-state index < -0.39 is 5.82 Å². The van der Waals surface area contributed by atoms with Gasteiger partial charge in [-0.05, 0) is 43.5 Å². The first kappa shape index (κ1) is 19.0. The van der Waals surface area contributed by atoms with Crippen LogP contribution in [-0.2, 0) is 11.2 Å². The van der Waals surface area contributed by atoms with Crippen LogP contribution in [0.25, 0.3) is 10.2 Å². The summed E-state index contributed by atoms with van der Waals surface area (Å²) in [4.78, 5) is 16.5. The van der Waals surface area contributed by atoms with E-state index in [1.165, 1.54) is 11.3 Å². The second kappa shape index (κ2) is 9.28. The van der Waals surface area contributed by atoms with Crippen LogP contribution in [0.5, 0.6) is 5.75 Å². The molecule has 0 radical (unpaired) electrons. The summed E-state index contributed by atoms with van der Waals surface area (Å²) < 4.78 is 21.1. The molecule has 0 atom stereocenters. The van der Waals surface area contributed by atoms with Crippen molar-refractivity contribution in [3.05, 3.63) is 65.9 Å². The number of nitrogens with zero attached hydrogens (tertiary/aromatic N) is 1. The van der Waals surface area contributed by atoms with Gasteiger partial charge in [-0.2, -0.15) is 0 Å². The number of fused-ring (bicyclic) bond motifs is 1. The molecule has 0 spiro atoms. The molecule has 0 fully saturated rings. The van der Waals surface area contributed by atoms with Crippen LogP contribution >= 0.6 is 11.3 Å². The van der Waals surface area contributed by atoms with E-state index >= 15 is 0 Å². The van der Waals surface area contributed by atoms with Crippen molar-refractivity contribution in [2.75, 3.05) is 11.9 Å². The van der Waals surface area contributed by atoms with Gasteiger partial charge in [0, 0.05) is 11.3 Å². The van der Waals surface area contributed by atoms with Gasteiger partial charge in [0.25, 0.3) is 0 Å². The van der Waals surface area contributed by atoms with Gasteiger partial charge in [-0.1, -0.05) is 18.2 Å². The van der Waals surface area contributed by atoms with Gasteiger partial charge in [-0.3, -0.25) is 4.79 Å². The summed E-state index contributed by atoms with van der Waals surface area (Å²) >= 11 is 1.50. The van der Waals surface area contributed by atoms with Gasteiger partial charge in [0.2, 0.25) is 5.91 Å². The minimum Gasteiger partial charge on any atom is -0.491 e. The zero-order valence-electron chi connectivity index (χ0n) is 14.9. The Hall–Kier alpha value is -2.73. The first-order chi connectivity index (χ1) is 13.2. The molecule has 27 heavy (non-hydrogen) atoms. The minimum atomic E-state index is -0.478. The quantitative estimate of drug-likeness (QED) is 0.400. The van der Waals surface area contributed by atoms with Crippen LogP contribution in [0.1, 0.15) is 24.8 Å². The number of thiazole rings is 1. The number of carbonyl (C=O) groups is 1. The Kier molecular flexibility index (Phi) is 6.54. The molecule has 3 rings (SSSR count). The Morgan fingerprint density at radius 3 is 3.04 bits per heavy atom. The van der Waals surface area contributed by atoms with E-state index in [4.69, 9.17) is 4.74 Å². The van der Waals surface area contributed by atoms with Crippen molar-refractivity contribution >= 4 is 33.1 Å². The molecule has 6 heteroatoms. The van der Waals surface area contributed by atoms with Crippen molar-refractivity contribution < 1.29 is 13.9 Å². The Morgan fingerprint density at radius 2 is 2.19 bits per heavy atom. The molecule has 4 nitrogen and oxygen atoms in total. The Balaban J connectivity index is 1.59. The smallest absolute Gasteiger partial charge is 0.228 e. The van der Waals surface area contributed by atoms with E-state index in [-0.39, 0.29) is 18.1 Å². The zero-order valence-corrected chi connectivity index (χ0v) is 15.7. The number of nitrogens with one attached hydrogen (secondary N) is 1. The minimum absolute atomic E-state index is 0.0553. The van der Waals surface area contributed by atoms with Crippen molar-refractivity contribution in [2.45, 2.75) is 25.7 Å².